The Balaban J connectivity index is 1.51. The number of hydrogen-bond acceptors (Lipinski definition) is 5. The Labute approximate surface area is 233 Å². The lowest BCUT2D eigenvalue weighted by atomic mass is 10.2. The van der Waals surface area contributed by atoms with E-state index < -0.39 is 22.5 Å². The van der Waals surface area contributed by atoms with Crippen LogP contribution in [0.15, 0.2) is 94.9 Å². The first-order chi connectivity index (χ1) is 18.7. The largest absolute Gasteiger partial charge is 0.497 e. The van der Waals surface area contributed by atoms with Gasteiger partial charge in [-0.15, -0.1) is 0 Å². The van der Waals surface area contributed by atoms with E-state index >= 15 is 0 Å². The fourth-order valence-corrected chi connectivity index (χ4v) is 5.78. The van der Waals surface area contributed by atoms with Crippen LogP contribution in [-0.2, 0) is 21.4 Å². The average molecular weight is 565 g/mol. The van der Waals surface area contributed by atoms with Gasteiger partial charge in [-0.3, -0.25) is 4.79 Å². The summed E-state index contributed by atoms with van der Waals surface area (Å²) in [6.07, 6.45) is 1.54. The monoisotopic (exact) mass is 564 g/mol. The van der Waals surface area contributed by atoms with Crippen molar-refractivity contribution in [1.82, 2.24) is 14.3 Å². The van der Waals surface area contributed by atoms with Crippen LogP contribution in [0.4, 0.5) is 0 Å². The summed E-state index contributed by atoms with van der Waals surface area (Å²) in [5, 5.41) is 4.74. The molecule has 0 spiro atoms. The predicted octanol–water partition coefficient (Wildman–Crippen LogP) is 5.10. The van der Waals surface area contributed by atoms with Crippen molar-refractivity contribution in [3.8, 4) is 11.4 Å². The van der Waals surface area contributed by atoms with E-state index in [2.05, 4.69) is 10.5 Å². The summed E-state index contributed by atoms with van der Waals surface area (Å²) in [7, 11) is -2.48. The lowest BCUT2D eigenvalue weighted by molar-refractivity contribution is -0.121. The number of sulfonamides is 1. The molecule has 4 rings (SSSR count). The summed E-state index contributed by atoms with van der Waals surface area (Å²) in [6, 6.07) is 24.6. The van der Waals surface area contributed by atoms with Crippen molar-refractivity contribution in [1.29, 1.82) is 0 Å². The Morgan fingerprint density at radius 1 is 1.03 bits per heavy atom. The second kappa shape index (κ2) is 12.3. The summed E-state index contributed by atoms with van der Waals surface area (Å²) in [5.74, 6) is -0.0340. The van der Waals surface area contributed by atoms with E-state index in [1.807, 2.05) is 79.1 Å². The van der Waals surface area contributed by atoms with Gasteiger partial charge in [-0.25, -0.2) is 13.8 Å². The minimum Gasteiger partial charge on any atom is -0.497 e. The number of carbonyl (C=O) groups is 1. The number of ether oxygens (including phenoxy) is 1. The van der Waals surface area contributed by atoms with Crippen LogP contribution >= 0.6 is 11.6 Å². The molecule has 4 aromatic rings. The van der Waals surface area contributed by atoms with E-state index in [-0.39, 0.29) is 11.4 Å². The van der Waals surface area contributed by atoms with E-state index in [0.29, 0.717) is 10.8 Å². The second-order valence-electron chi connectivity index (χ2n) is 8.87. The molecule has 202 valence electrons. The van der Waals surface area contributed by atoms with Gasteiger partial charge in [0.1, 0.15) is 5.75 Å². The van der Waals surface area contributed by atoms with E-state index in [1.54, 1.807) is 18.3 Å². The minimum absolute atomic E-state index is 0.0210. The van der Waals surface area contributed by atoms with Crippen LogP contribution in [0.3, 0.4) is 0 Å². The summed E-state index contributed by atoms with van der Waals surface area (Å²) < 4.78 is 35.2. The number of nitrogens with one attached hydrogen (secondary N) is 1. The van der Waals surface area contributed by atoms with Gasteiger partial charge in [0.15, 0.2) is 0 Å². The number of hydrogen-bond donors (Lipinski definition) is 1. The normalized spacial score (nSPS) is 11.7. The van der Waals surface area contributed by atoms with E-state index in [9.17, 15) is 13.2 Å². The maximum Gasteiger partial charge on any atom is 0.255 e. The Kier molecular flexibility index (Phi) is 8.86. The highest BCUT2D eigenvalue weighted by molar-refractivity contribution is 7.89. The Hall–Kier alpha value is -3.92. The van der Waals surface area contributed by atoms with Crippen molar-refractivity contribution in [3.63, 3.8) is 0 Å². The first-order valence-corrected chi connectivity index (χ1v) is 14.0. The molecule has 0 atom stereocenters. The van der Waals surface area contributed by atoms with Gasteiger partial charge >= 0.3 is 0 Å². The van der Waals surface area contributed by atoms with E-state index in [4.69, 9.17) is 16.3 Å². The number of carbonyl (C=O) groups excluding carboxylic acids is 1. The number of methoxy groups -OCH3 is 1. The fourth-order valence-electron chi connectivity index (χ4n) is 4.21. The van der Waals surface area contributed by atoms with Crippen LogP contribution in [0.1, 0.15) is 22.5 Å². The fraction of sp³-hybridized carbons (Fsp3) is 0.172. The summed E-state index contributed by atoms with van der Waals surface area (Å²) in [5.41, 5.74) is 6.83. The van der Waals surface area contributed by atoms with E-state index in [0.717, 1.165) is 32.5 Å². The zero-order chi connectivity index (χ0) is 28.0. The van der Waals surface area contributed by atoms with E-state index in [1.165, 1.54) is 19.2 Å². The molecule has 8 nitrogen and oxygen atoms in total. The van der Waals surface area contributed by atoms with Gasteiger partial charge in [0, 0.05) is 34.2 Å². The zero-order valence-corrected chi connectivity index (χ0v) is 23.4. The smallest absolute Gasteiger partial charge is 0.255 e. The lowest BCUT2D eigenvalue weighted by Crippen LogP contribution is -2.39. The number of aromatic nitrogens is 1. The van der Waals surface area contributed by atoms with Crippen LogP contribution in [0.25, 0.3) is 5.69 Å². The second-order valence-corrected chi connectivity index (χ2v) is 11.2. The number of nitrogens with zero attached hydrogens (tertiary/aromatic N) is 3. The van der Waals surface area contributed by atoms with Crippen LogP contribution in [-0.4, -0.2) is 43.1 Å². The Bertz CT molecular complexity index is 1580. The number of amides is 1. The summed E-state index contributed by atoms with van der Waals surface area (Å²) in [6.45, 7) is 3.52. The van der Waals surface area contributed by atoms with Gasteiger partial charge < -0.3 is 9.30 Å². The predicted molar refractivity (Wildman–Crippen MR) is 153 cm³/mol. The third-order valence-corrected chi connectivity index (χ3v) is 8.19. The molecular weight excluding hydrogens is 536 g/mol. The first kappa shape index (κ1) is 28.1. The quantitative estimate of drug-likeness (QED) is 0.214. The van der Waals surface area contributed by atoms with Gasteiger partial charge in [0.2, 0.25) is 10.0 Å². The van der Waals surface area contributed by atoms with Crippen molar-refractivity contribution in [3.05, 3.63) is 112 Å². The standard InChI is InChI=1S/C29H29ClN4O4S/c1-21-16-24(22(2)34(21)26-11-7-10-25(30)17-26)18-31-32-29(35)20-33(19-23-8-5-4-6-9-23)39(36,37)28-14-12-27(38-3)13-15-28/h4-18H,19-20H2,1-3H3,(H,32,35)/b31-18+. The highest BCUT2D eigenvalue weighted by Crippen LogP contribution is 2.23. The van der Waals surface area contributed by atoms with Gasteiger partial charge in [-0.1, -0.05) is 48.0 Å². The number of benzene rings is 3. The molecule has 0 radical (unpaired) electrons. The van der Waals surface area contributed by atoms with Gasteiger partial charge in [0.25, 0.3) is 5.91 Å². The minimum atomic E-state index is -3.99. The van der Waals surface area contributed by atoms with Crippen molar-refractivity contribution >= 4 is 33.7 Å². The molecule has 0 fully saturated rings. The summed E-state index contributed by atoms with van der Waals surface area (Å²) in [4.78, 5) is 12.9. The molecule has 0 aliphatic rings. The molecule has 0 saturated carbocycles. The van der Waals surface area contributed by atoms with Crippen LogP contribution in [0.5, 0.6) is 5.75 Å². The van der Waals surface area contributed by atoms with Crippen molar-refractivity contribution in [2.24, 2.45) is 5.10 Å². The van der Waals surface area contributed by atoms with Crippen molar-refractivity contribution in [2.45, 2.75) is 25.3 Å². The SMILES string of the molecule is COc1ccc(S(=O)(=O)N(CC(=O)N/N=C/c2cc(C)n(-c3cccc(Cl)c3)c2C)Cc2ccccc2)cc1. The molecule has 1 amide bonds. The summed E-state index contributed by atoms with van der Waals surface area (Å²) >= 11 is 6.16. The molecule has 39 heavy (non-hydrogen) atoms. The maximum atomic E-state index is 13.5. The molecule has 0 aliphatic heterocycles. The third kappa shape index (κ3) is 6.75. The lowest BCUT2D eigenvalue weighted by Gasteiger charge is -2.21. The average Bonchev–Trinajstić information content (AvgIpc) is 3.21. The molecular formula is C29H29ClN4O4S. The highest BCUT2D eigenvalue weighted by atomic mass is 35.5. The van der Waals surface area contributed by atoms with Crippen LogP contribution in [0.2, 0.25) is 5.02 Å². The molecule has 1 heterocycles. The number of rotatable bonds is 10. The maximum absolute atomic E-state index is 13.5. The van der Waals surface area contributed by atoms with Gasteiger partial charge in [0.05, 0.1) is 24.8 Å². The highest BCUT2D eigenvalue weighted by Gasteiger charge is 2.27. The topological polar surface area (TPSA) is 93.0 Å². The van der Waals surface area contributed by atoms with Gasteiger partial charge in [-0.2, -0.15) is 9.41 Å². The molecule has 1 aromatic heterocycles. The Morgan fingerprint density at radius 2 is 1.74 bits per heavy atom. The molecule has 0 saturated heterocycles. The molecule has 3 aromatic carbocycles. The van der Waals surface area contributed by atoms with Crippen LogP contribution < -0.4 is 10.2 Å². The molecule has 10 heteroatoms. The van der Waals surface area contributed by atoms with Crippen LogP contribution in [0, 0.1) is 13.8 Å². The number of aryl methyl sites for hydroxylation is 1. The Morgan fingerprint density at radius 3 is 2.41 bits per heavy atom. The zero-order valence-electron chi connectivity index (χ0n) is 21.8. The van der Waals surface area contributed by atoms with Gasteiger partial charge in [-0.05, 0) is 67.9 Å². The molecule has 0 aliphatic carbocycles. The first-order valence-electron chi connectivity index (χ1n) is 12.1. The molecule has 0 unspecified atom stereocenters. The van der Waals surface area contributed by atoms with Crippen molar-refractivity contribution < 1.29 is 17.9 Å². The number of halogens is 1. The van der Waals surface area contributed by atoms with Crippen molar-refractivity contribution in [2.75, 3.05) is 13.7 Å². The molecule has 1 N–H and O–H groups in total. The number of hydrazone groups is 1. The third-order valence-electron chi connectivity index (χ3n) is 6.15. The molecule has 0 bridgehead atoms.